The largest absolute Gasteiger partial charge is 1.00 e. The summed E-state index contributed by atoms with van der Waals surface area (Å²) < 4.78 is 0. The predicted molar refractivity (Wildman–Crippen MR) is 117 cm³/mol. The Bertz CT molecular complexity index is 887. The molecule has 1 aliphatic heterocycles. The van der Waals surface area contributed by atoms with Crippen molar-refractivity contribution in [3.05, 3.63) is 131 Å². The number of benzene rings is 3. The second-order valence-corrected chi connectivity index (χ2v) is 6.96. The van der Waals surface area contributed by atoms with Gasteiger partial charge in [0.25, 0.3) is 0 Å². The molecule has 0 saturated carbocycles. The van der Waals surface area contributed by atoms with Crippen molar-refractivity contribution in [2.75, 3.05) is 0 Å². The van der Waals surface area contributed by atoms with Gasteiger partial charge in [0, 0.05) is 0 Å². The second-order valence-electron chi connectivity index (χ2n) is 6.96. The van der Waals surface area contributed by atoms with Gasteiger partial charge in [-0.25, -0.2) is 0 Å². The molecule has 29 heavy (non-hydrogen) atoms. The normalized spacial score (nSPS) is 17.6. The van der Waals surface area contributed by atoms with Crippen LogP contribution in [0.3, 0.4) is 0 Å². The van der Waals surface area contributed by atoms with Crippen LogP contribution in [-0.2, 0) is 0 Å². The molecule has 0 unspecified atom stereocenters. The van der Waals surface area contributed by atoms with E-state index in [0.29, 0.717) is 0 Å². The molecule has 1 aliphatic rings. The molecule has 1 saturated heterocycles. The van der Waals surface area contributed by atoms with E-state index in [1.165, 1.54) is 22.3 Å². The Morgan fingerprint density at radius 1 is 0.828 bits per heavy atom. The number of hydrogen-bond donors (Lipinski definition) is 0. The van der Waals surface area contributed by atoms with Crippen LogP contribution in [0.15, 0.2) is 109 Å². The van der Waals surface area contributed by atoms with E-state index in [2.05, 4.69) is 79.4 Å². The predicted octanol–water partition coefficient (Wildman–Crippen LogP) is 3.80. The molecule has 139 valence electrons. The zero-order chi connectivity index (χ0) is 19.2. The fraction of sp³-hybridized carbons (Fsp3) is 0.154. The molecule has 4 rings (SSSR count). The Hall–Kier alpha value is -2.66. The maximum atomic E-state index is 5.12. The van der Waals surface area contributed by atoms with Crippen LogP contribution in [0.2, 0.25) is 0 Å². The first kappa shape index (κ1) is 21.1. The van der Waals surface area contributed by atoms with E-state index in [4.69, 9.17) is 10.6 Å². The summed E-state index contributed by atoms with van der Waals surface area (Å²) in [5.74, 6) is 0.871. The zero-order valence-electron chi connectivity index (χ0n) is 16.9. The average molecular weight is 371 g/mol. The van der Waals surface area contributed by atoms with Gasteiger partial charge in [-0.3, -0.25) is 0 Å². The van der Waals surface area contributed by atoms with Crippen LogP contribution < -0.4 is 24.2 Å². The van der Waals surface area contributed by atoms with Crippen LogP contribution in [0.25, 0.3) is 10.9 Å². The van der Waals surface area contributed by atoms with Crippen molar-refractivity contribution in [2.45, 2.75) is 24.9 Å². The molecular weight excluding hydrogens is 347 g/mol. The SMILES string of the molecule is C=CCCC(=C1[N][C@@H](c2ccccc2)[C@H](c2ccccc2)[N-]1)c1ccccc1.[Li+]. The van der Waals surface area contributed by atoms with Gasteiger partial charge in [0.2, 0.25) is 0 Å². The van der Waals surface area contributed by atoms with Crippen molar-refractivity contribution in [2.24, 2.45) is 0 Å². The molecule has 1 radical (unpaired) electrons. The van der Waals surface area contributed by atoms with Gasteiger partial charge in [0.15, 0.2) is 0 Å². The van der Waals surface area contributed by atoms with E-state index in [1.54, 1.807) is 0 Å². The van der Waals surface area contributed by atoms with Gasteiger partial charge >= 0.3 is 18.9 Å². The van der Waals surface area contributed by atoms with Crippen molar-refractivity contribution >= 4 is 5.57 Å². The molecule has 3 aromatic carbocycles. The summed E-state index contributed by atoms with van der Waals surface area (Å²) in [6.45, 7) is 3.89. The molecule has 3 heteroatoms. The number of rotatable bonds is 6. The maximum absolute atomic E-state index is 5.12. The number of hydrogen-bond acceptors (Lipinski definition) is 0. The van der Waals surface area contributed by atoms with Gasteiger partial charge in [-0.1, -0.05) is 103 Å². The van der Waals surface area contributed by atoms with Crippen molar-refractivity contribution < 1.29 is 18.9 Å². The van der Waals surface area contributed by atoms with E-state index < -0.39 is 0 Å². The summed E-state index contributed by atoms with van der Waals surface area (Å²) in [6.07, 6.45) is 3.76. The monoisotopic (exact) mass is 371 g/mol. The zero-order valence-corrected chi connectivity index (χ0v) is 16.9. The summed E-state index contributed by atoms with van der Waals surface area (Å²) in [5.41, 5.74) is 4.78. The van der Waals surface area contributed by atoms with Gasteiger partial charge in [0.05, 0.1) is 0 Å². The summed E-state index contributed by atoms with van der Waals surface area (Å²) in [4.78, 5) is 0. The van der Waals surface area contributed by atoms with Gasteiger partial charge < -0.3 is 10.6 Å². The number of allylic oxidation sites excluding steroid dienone is 2. The van der Waals surface area contributed by atoms with E-state index >= 15 is 0 Å². The Labute approximate surface area is 185 Å². The Morgan fingerprint density at radius 2 is 1.38 bits per heavy atom. The fourth-order valence-corrected chi connectivity index (χ4v) is 3.68. The summed E-state index contributed by atoms with van der Waals surface area (Å²) in [5, 5.41) is 10.2. The van der Waals surface area contributed by atoms with Gasteiger partial charge in [-0.15, -0.1) is 6.58 Å². The first-order valence-corrected chi connectivity index (χ1v) is 9.78. The molecule has 2 atom stereocenters. The quantitative estimate of drug-likeness (QED) is 0.466. The van der Waals surface area contributed by atoms with Gasteiger partial charge in [-0.05, 0) is 47.2 Å². The minimum absolute atomic E-state index is 0. The molecule has 0 N–H and O–H groups in total. The molecule has 0 amide bonds. The van der Waals surface area contributed by atoms with Crippen LogP contribution >= 0.6 is 0 Å². The molecule has 0 spiro atoms. The van der Waals surface area contributed by atoms with Crippen LogP contribution in [0.1, 0.15) is 41.6 Å². The number of nitrogens with zero attached hydrogens (tertiary/aromatic N) is 2. The van der Waals surface area contributed by atoms with E-state index in [9.17, 15) is 0 Å². The smallest absolute Gasteiger partial charge is 0.457 e. The van der Waals surface area contributed by atoms with Crippen LogP contribution in [-0.4, -0.2) is 0 Å². The van der Waals surface area contributed by atoms with Crippen molar-refractivity contribution in [3.63, 3.8) is 0 Å². The molecule has 1 heterocycles. The van der Waals surface area contributed by atoms with Gasteiger partial charge in [-0.2, -0.15) is 0 Å². The first-order chi connectivity index (χ1) is 13.9. The molecule has 0 bridgehead atoms. The van der Waals surface area contributed by atoms with E-state index in [0.717, 1.165) is 18.7 Å². The van der Waals surface area contributed by atoms with E-state index in [1.807, 2.05) is 24.3 Å². The molecule has 2 nitrogen and oxygen atoms in total. The Balaban J connectivity index is 0.00000240. The minimum atomic E-state index is 0. The first-order valence-electron chi connectivity index (χ1n) is 9.78. The van der Waals surface area contributed by atoms with Crippen LogP contribution in [0.4, 0.5) is 0 Å². The van der Waals surface area contributed by atoms with Crippen LogP contribution in [0, 0.1) is 0 Å². The summed E-state index contributed by atoms with van der Waals surface area (Å²) >= 11 is 0. The maximum Gasteiger partial charge on any atom is 1.00 e. The van der Waals surface area contributed by atoms with Gasteiger partial charge in [0.1, 0.15) is 0 Å². The topological polar surface area (TPSA) is 28.2 Å². The molecule has 0 aromatic heterocycles. The van der Waals surface area contributed by atoms with Crippen molar-refractivity contribution in [1.82, 2.24) is 5.32 Å². The average Bonchev–Trinajstić information content (AvgIpc) is 3.21. The second kappa shape index (κ2) is 10.2. The Morgan fingerprint density at radius 3 is 1.97 bits per heavy atom. The van der Waals surface area contributed by atoms with Crippen LogP contribution in [0.5, 0.6) is 0 Å². The molecular formula is C26H24LiN2. The summed E-state index contributed by atoms with van der Waals surface area (Å²) in [7, 11) is 0. The van der Waals surface area contributed by atoms with E-state index in [-0.39, 0.29) is 30.9 Å². The van der Waals surface area contributed by atoms with Crippen molar-refractivity contribution in [3.8, 4) is 0 Å². The Kier molecular flexibility index (Phi) is 7.41. The minimum Gasteiger partial charge on any atom is -0.457 e. The van der Waals surface area contributed by atoms with Crippen molar-refractivity contribution in [1.29, 1.82) is 0 Å². The third-order valence-electron chi connectivity index (χ3n) is 5.09. The third-order valence-corrected chi connectivity index (χ3v) is 5.09. The third kappa shape index (κ3) is 4.85. The molecule has 1 fully saturated rings. The summed E-state index contributed by atoms with van der Waals surface area (Å²) in [6, 6.07) is 31.4. The molecule has 0 aliphatic carbocycles. The molecule has 3 aromatic rings. The fourth-order valence-electron chi connectivity index (χ4n) is 3.68. The standard InChI is InChI=1S/C26H24N2.Li/c1-2-3-19-23(20-13-7-4-8-14-20)26-27-24(21-15-9-5-10-16-21)25(28-26)22-17-11-6-12-18-22;/h2,4-18,24-25H,1,3,19H2;/q-1;+1/t24-,25-;/m0./s1.